The molecule has 0 bridgehead atoms. The number of nitrogens with one attached hydrogen (secondary N) is 1. The molecule has 0 radical (unpaired) electrons. The topological polar surface area (TPSA) is 95.0 Å². The first-order chi connectivity index (χ1) is 17.5. The molecule has 9 nitrogen and oxygen atoms in total. The highest BCUT2D eigenvalue weighted by Crippen LogP contribution is 2.28. The average Bonchev–Trinajstić information content (AvgIpc) is 3.51. The number of hydrogen-bond donors (Lipinski definition) is 1. The van der Waals surface area contributed by atoms with E-state index >= 15 is 0 Å². The van der Waals surface area contributed by atoms with Crippen LogP contribution in [0.4, 0.5) is 0 Å². The van der Waals surface area contributed by atoms with E-state index in [9.17, 15) is 4.79 Å². The zero-order chi connectivity index (χ0) is 25.2. The number of aromatic nitrogens is 5. The third kappa shape index (κ3) is 4.47. The lowest BCUT2D eigenvalue weighted by molar-refractivity contribution is -0.121. The van der Waals surface area contributed by atoms with Crippen molar-refractivity contribution in [1.82, 2.24) is 29.5 Å². The smallest absolute Gasteiger partial charge is 0.220 e. The van der Waals surface area contributed by atoms with Crippen molar-refractivity contribution in [2.24, 2.45) is 0 Å². The first-order valence-corrected chi connectivity index (χ1v) is 11.7. The number of benzene rings is 2. The summed E-state index contributed by atoms with van der Waals surface area (Å²) in [6, 6.07) is 14.0. The van der Waals surface area contributed by atoms with Crippen molar-refractivity contribution in [3.05, 3.63) is 77.4 Å². The molecule has 5 rings (SSSR count). The number of amides is 1. The summed E-state index contributed by atoms with van der Waals surface area (Å²) in [6.45, 7) is 4.56. The Morgan fingerprint density at radius 2 is 1.81 bits per heavy atom. The molecule has 1 amide bonds. The number of hydrogen-bond acceptors (Lipinski definition) is 6. The van der Waals surface area contributed by atoms with Gasteiger partial charge in [-0.25, -0.2) is 4.52 Å². The van der Waals surface area contributed by atoms with Gasteiger partial charge in [0.2, 0.25) is 5.91 Å². The molecule has 3 aromatic heterocycles. The van der Waals surface area contributed by atoms with Crippen molar-refractivity contribution in [3.63, 3.8) is 0 Å². The molecular formula is C27H28N6O3. The van der Waals surface area contributed by atoms with Gasteiger partial charge >= 0.3 is 0 Å². The third-order valence-electron chi connectivity index (χ3n) is 6.27. The van der Waals surface area contributed by atoms with Crippen LogP contribution < -0.4 is 14.8 Å². The van der Waals surface area contributed by atoms with Crippen LogP contribution in [0.2, 0.25) is 0 Å². The molecule has 0 saturated heterocycles. The van der Waals surface area contributed by atoms with Gasteiger partial charge in [0, 0.05) is 37.3 Å². The highest BCUT2D eigenvalue weighted by molar-refractivity contribution is 5.78. The molecule has 0 aliphatic rings. The Balaban J connectivity index is 1.29. The Kier molecular flexibility index (Phi) is 6.28. The maximum absolute atomic E-state index is 12.5. The van der Waals surface area contributed by atoms with Gasteiger partial charge in [-0.3, -0.25) is 9.20 Å². The molecule has 184 valence electrons. The van der Waals surface area contributed by atoms with Gasteiger partial charge in [-0.05, 0) is 49.2 Å². The Bertz CT molecular complexity index is 1570. The van der Waals surface area contributed by atoms with E-state index in [1.807, 2.05) is 45.6 Å². The number of carbonyl (C=O) groups excluding carboxylic acids is 1. The lowest BCUT2D eigenvalue weighted by Gasteiger charge is -2.10. The van der Waals surface area contributed by atoms with Crippen LogP contribution in [-0.2, 0) is 17.8 Å². The van der Waals surface area contributed by atoms with Gasteiger partial charge in [0.25, 0.3) is 0 Å². The average molecular weight is 485 g/mol. The number of carbonyl (C=O) groups is 1. The van der Waals surface area contributed by atoms with E-state index in [0.717, 1.165) is 28.2 Å². The van der Waals surface area contributed by atoms with Gasteiger partial charge in [-0.2, -0.15) is 5.10 Å². The first kappa shape index (κ1) is 23.3. The quantitative estimate of drug-likeness (QED) is 0.359. The van der Waals surface area contributed by atoms with Crippen LogP contribution in [0.25, 0.3) is 22.4 Å². The summed E-state index contributed by atoms with van der Waals surface area (Å²) < 4.78 is 14.3. The summed E-state index contributed by atoms with van der Waals surface area (Å²) in [5.41, 5.74) is 6.85. The van der Waals surface area contributed by atoms with Crippen LogP contribution in [-0.4, -0.2) is 44.3 Å². The second kappa shape index (κ2) is 9.69. The number of nitrogens with zero attached hydrogens (tertiary/aromatic N) is 5. The molecule has 1 N–H and O–H groups in total. The fraction of sp³-hybridized carbons (Fsp3) is 0.259. The molecule has 0 fully saturated rings. The molecule has 0 aliphatic heterocycles. The van der Waals surface area contributed by atoms with E-state index < -0.39 is 0 Å². The normalized spacial score (nSPS) is 11.2. The van der Waals surface area contributed by atoms with E-state index in [4.69, 9.17) is 14.6 Å². The number of rotatable bonds is 8. The molecule has 0 aliphatic carbocycles. The van der Waals surface area contributed by atoms with E-state index in [-0.39, 0.29) is 5.91 Å². The number of ether oxygens (including phenoxy) is 2. The maximum Gasteiger partial charge on any atom is 0.220 e. The Labute approximate surface area is 208 Å². The minimum atomic E-state index is -0.0656. The zero-order valence-electron chi connectivity index (χ0n) is 20.8. The molecule has 0 spiro atoms. The Hall–Kier alpha value is -4.40. The Morgan fingerprint density at radius 1 is 0.972 bits per heavy atom. The molecular weight excluding hydrogens is 456 g/mol. The lowest BCUT2D eigenvalue weighted by Crippen LogP contribution is -2.23. The van der Waals surface area contributed by atoms with Gasteiger partial charge in [-0.15, -0.1) is 10.2 Å². The second-order valence-electron chi connectivity index (χ2n) is 8.75. The molecule has 0 saturated carbocycles. The van der Waals surface area contributed by atoms with Crippen LogP contribution >= 0.6 is 0 Å². The molecule has 9 heteroatoms. The van der Waals surface area contributed by atoms with Gasteiger partial charge in [0.15, 0.2) is 17.1 Å². The number of aryl methyl sites for hydroxylation is 3. The zero-order valence-corrected chi connectivity index (χ0v) is 20.8. The van der Waals surface area contributed by atoms with E-state index in [1.165, 1.54) is 11.1 Å². The van der Waals surface area contributed by atoms with Crippen molar-refractivity contribution < 1.29 is 14.3 Å². The highest BCUT2D eigenvalue weighted by Gasteiger charge is 2.15. The first-order valence-electron chi connectivity index (χ1n) is 11.7. The number of fused-ring (bicyclic) bond motifs is 3. The molecule has 0 unspecified atom stereocenters. The van der Waals surface area contributed by atoms with Crippen LogP contribution in [0.1, 0.15) is 28.9 Å². The minimum absolute atomic E-state index is 0.0656. The van der Waals surface area contributed by atoms with Gasteiger partial charge in [0.05, 0.1) is 19.9 Å². The van der Waals surface area contributed by atoms with Crippen molar-refractivity contribution in [1.29, 1.82) is 0 Å². The van der Waals surface area contributed by atoms with E-state index in [2.05, 4.69) is 47.6 Å². The summed E-state index contributed by atoms with van der Waals surface area (Å²) in [7, 11) is 3.18. The van der Waals surface area contributed by atoms with E-state index in [1.54, 1.807) is 14.2 Å². The van der Waals surface area contributed by atoms with Crippen molar-refractivity contribution in [2.45, 2.75) is 33.2 Å². The van der Waals surface area contributed by atoms with Crippen LogP contribution in [0, 0.1) is 13.8 Å². The number of methoxy groups -OCH3 is 2. The standard InChI is InChI=1S/C27H28N6O3/c1-17-5-6-18(2)20(13-17)21-15-22-27-30-29-25(32(27)11-12-33(22)31-21)9-10-26(34)28-16-19-7-8-23(35-3)24(14-19)36-4/h5-8,11-15H,9-10,16H2,1-4H3,(H,28,34). The predicted octanol–water partition coefficient (Wildman–Crippen LogP) is 3.93. The van der Waals surface area contributed by atoms with Crippen molar-refractivity contribution in [3.8, 4) is 22.8 Å². The summed E-state index contributed by atoms with van der Waals surface area (Å²) in [5, 5.41) is 16.4. The third-order valence-corrected chi connectivity index (χ3v) is 6.27. The summed E-state index contributed by atoms with van der Waals surface area (Å²) in [6.07, 6.45) is 4.54. The molecule has 3 heterocycles. The van der Waals surface area contributed by atoms with Crippen LogP contribution in [0.15, 0.2) is 54.9 Å². The van der Waals surface area contributed by atoms with Crippen molar-refractivity contribution in [2.75, 3.05) is 14.2 Å². The van der Waals surface area contributed by atoms with Crippen LogP contribution in [0.3, 0.4) is 0 Å². The lowest BCUT2D eigenvalue weighted by atomic mass is 10.0. The predicted molar refractivity (Wildman–Crippen MR) is 136 cm³/mol. The minimum Gasteiger partial charge on any atom is -0.493 e. The summed E-state index contributed by atoms with van der Waals surface area (Å²) in [5.74, 6) is 1.94. The SMILES string of the molecule is COc1ccc(CNC(=O)CCc2nnc3c4cc(-c5cc(C)ccc5C)nn4ccn23)cc1OC. The second-order valence-corrected chi connectivity index (χ2v) is 8.75. The monoisotopic (exact) mass is 484 g/mol. The Morgan fingerprint density at radius 3 is 2.61 bits per heavy atom. The summed E-state index contributed by atoms with van der Waals surface area (Å²) in [4.78, 5) is 12.5. The van der Waals surface area contributed by atoms with E-state index in [0.29, 0.717) is 36.5 Å². The molecule has 2 aromatic carbocycles. The summed E-state index contributed by atoms with van der Waals surface area (Å²) >= 11 is 0. The maximum atomic E-state index is 12.5. The van der Waals surface area contributed by atoms with Gasteiger partial charge in [-0.1, -0.05) is 23.8 Å². The van der Waals surface area contributed by atoms with Gasteiger partial charge < -0.3 is 14.8 Å². The molecule has 5 aromatic rings. The van der Waals surface area contributed by atoms with Gasteiger partial charge in [0.1, 0.15) is 11.3 Å². The van der Waals surface area contributed by atoms with Crippen LogP contribution in [0.5, 0.6) is 11.5 Å². The fourth-order valence-corrected chi connectivity index (χ4v) is 4.28. The highest BCUT2D eigenvalue weighted by atomic mass is 16.5. The van der Waals surface area contributed by atoms with Crippen molar-refractivity contribution >= 4 is 17.1 Å². The molecule has 36 heavy (non-hydrogen) atoms. The largest absolute Gasteiger partial charge is 0.493 e. The fourth-order valence-electron chi connectivity index (χ4n) is 4.28. The molecule has 0 atom stereocenters.